The van der Waals surface area contributed by atoms with Crippen LogP contribution in [-0.4, -0.2) is 34.5 Å². The molecular formula is C108H67N7O2. The number of fused-ring (bicyclic) bond motifs is 9. The third kappa shape index (κ3) is 12.7. The molecule has 0 amide bonds. The minimum Gasteiger partial charge on any atom is -0.455 e. The molecule has 0 radical (unpaired) electrons. The summed E-state index contributed by atoms with van der Waals surface area (Å²) in [7, 11) is 0. The number of aromatic nitrogens is 7. The summed E-state index contributed by atoms with van der Waals surface area (Å²) < 4.78 is 16.3. The monoisotopic (exact) mass is 1490 g/mol. The minimum atomic E-state index is 0.610. The Morgan fingerprint density at radius 3 is 0.761 bits per heavy atom. The van der Waals surface area contributed by atoms with Crippen molar-refractivity contribution in [2.24, 2.45) is 0 Å². The van der Waals surface area contributed by atoms with Crippen LogP contribution in [0.25, 0.3) is 229 Å². The maximum Gasteiger partial charge on any atom is 0.164 e. The fraction of sp³-hybridized carbons (Fsp3) is 0. The first-order valence-corrected chi connectivity index (χ1v) is 39.3. The van der Waals surface area contributed by atoms with Crippen molar-refractivity contribution < 1.29 is 8.83 Å². The summed E-state index contributed by atoms with van der Waals surface area (Å²) in [6, 6.07) is 143. The van der Waals surface area contributed by atoms with E-state index in [0.717, 1.165) is 194 Å². The van der Waals surface area contributed by atoms with E-state index in [1.165, 1.54) is 0 Å². The molecular weight excluding hydrogens is 1430 g/mol. The molecule has 0 spiro atoms. The third-order valence-corrected chi connectivity index (χ3v) is 22.5. The highest BCUT2D eigenvalue weighted by Gasteiger charge is 2.23. The van der Waals surface area contributed by atoms with Gasteiger partial charge in [-0.05, 0) is 175 Å². The summed E-state index contributed by atoms with van der Waals surface area (Å²) in [5.41, 5.74) is 29.2. The Morgan fingerprint density at radius 2 is 0.419 bits per heavy atom. The summed E-state index contributed by atoms with van der Waals surface area (Å²) in [5, 5.41) is 6.55. The molecule has 22 rings (SSSR count). The molecule has 0 aliphatic heterocycles. The maximum absolute atomic E-state index is 6.92. The highest BCUT2D eigenvalue weighted by Crippen LogP contribution is 2.46. The Morgan fingerprint density at radius 1 is 0.162 bits per heavy atom. The van der Waals surface area contributed by atoms with Gasteiger partial charge in [0.1, 0.15) is 22.3 Å². The van der Waals surface area contributed by atoms with Gasteiger partial charge in [-0.1, -0.05) is 309 Å². The molecule has 9 nitrogen and oxygen atoms in total. The average molecular weight is 1490 g/mol. The number of para-hydroxylation sites is 3. The molecule has 546 valence electrons. The van der Waals surface area contributed by atoms with E-state index in [9.17, 15) is 0 Å². The Balaban J connectivity index is 0.614. The summed E-state index contributed by atoms with van der Waals surface area (Å²) in [6.45, 7) is 0. The van der Waals surface area contributed by atoms with E-state index in [2.05, 4.69) is 278 Å². The van der Waals surface area contributed by atoms with Gasteiger partial charge in [-0.3, -0.25) is 0 Å². The van der Waals surface area contributed by atoms with E-state index >= 15 is 0 Å². The topological polar surface area (TPSA) is 109 Å². The number of furan rings is 2. The maximum atomic E-state index is 6.92. The van der Waals surface area contributed by atoms with Crippen LogP contribution >= 0.6 is 0 Å². The zero-order valence-electron chi connectivity index (χ0n) is 63.1. The second kappa shape index (κ2) is 28.7. The molecule has 5 aromatic heterocycles. The molecule has 0 aliphatic carbocycles. The van der Waals surface area contributed by atoms with Crippen LogP contribution in [-0.2, 0) is 0 Å². The summed E-state index contributed by atoms with van der Waals surface area (Å²) in [6.07, 6.45) is 0. The predicted octanol–water partition coefficient (Wildman–Crippen LogP) is 28.3. The molecule has 5 heterocycles. The highest BCUT2D eigenvalue weighted by atomic mass is 16.3. The van der Waals surface area contributed by atoms with Gasteiger partial charge in [0.2, 0.25) is 0 Å². The molecule has 0 fully saturated rings. The number of benzene rings is 17. The van der Waals surface area contributed by atoms with E-state index in [4.69, 9.17) is 38.7 Å². The lowest BCUT2D eigenvalue weighted by Gasteiger charge is -2.13. The molecule has 22 aromatic rings. The van der Waals surface area contributed by atoms with Crippen molar-refractivity contribution in [3.63, 3.8) is 0 Å². The Kier molecular flexibility index (Phi) is 16.7. The van der Waals surface area contributed by atoms with E-state index in [1.54, 1.807) is 0 Å². The molecule has 0 atom stereocenters. The van der Waals surface area contributed by atoms with Gasteiger partial charge in [-0.2, -0.15) is 0 Å². The molecule has 0 bridgehead atoms. The summed E-state index contributed by atoms with van der Waals surface area (Å²) in [4.78, 5) is 30.2. The lowest BCUT2D eigenvalue weighted by atomic mass is 9.92. The molecule has 9 heteroatoms. The van der Waals surface area contributed by atoms with Crippen LogP contribution in [0.15, 0.2) is 415 Å². The van der Waals surface area contributed by atoms with Gasteiger partial charge in [0.15, 0.2) is 34.9 Å². The first-order chi connectivity index (χ1) is 57.9. The first-order valence-electron chi connectivity index (χ1n) is 39.3. The average Bonchev–Trinajstić information content (AvgIpc) is 1.58. The van der Waals surface area contributed by atoms with Crippen molar-refractivity contribution in [1.29, 1.82) is 0 Å². The van der Waals surface area contributed by atoms with Crippen LogP contribution in [0.2, 0.25) is 0 Å². The van der Waals surface area contributed by atoms with Gasteiger partial charge in [0.25, 0.3) is 0 Å². The normalized spacial score (nSPS) is 11.6. The Bertz CT molecular complexity index is 7080. The van der Waals surface area contributed by atoms with Crippen molar-refractivity contribution in [1.82, 2.24) is 34.5 Å². The summed E-state index contributed by atoms with van der Waals surface area (Å²) in [5.74, 6) is 3.72. The number of nitrogens with zero attached hydrogens (tertiary/aromatic N) is 7. The fourth-order valence-corrected chi connectivity index (χ4v) is 16.7. The first kappa shape index (κ1) is 68.0. The van der Waals surface area contributed by atoms with Crippen molar-refractivity contribution >= 4 is 65.7 Å². The van der Waals surface area contributed by atoms with Crippen LogP contribution in [0.1, 0.15) is 0 Å². The van der Waals surface area contributed by atoms with Gasteiger partial charge < -0.3 is 13.4 Å². The zero-order valence-corrected chi connectivity index (χ0v) is 63.1. The number of hydrogen-bond donors (Lipinski definition) is 0. The van der Waals surface area contributed by atoms with E-state index in [-0.39, 0.29) is 0 Å². The Hall–Kier alpha value is -15.8. The lowest BCUT2D eigenvalue weighted by molar-refractivity contribution is 0.669. The second-order valence-corrected chi connectivity index (χ2v) is 29.7. The standard InChI is InChI=1S/C108H67N7O2/c1-6-26-68(27-7-1)103-109-104(69-28-8-2-9-29-69)112-107(111-103)84-44-24-40-78(60-84)74-36-20-34-72(56-74)76-38-22-42-82(58-76)93-62-86(64-95-91-48-16-18-50-99(91)116-101(93)95)80-52-54-89-90-55-53-81(67-98(90)115(97(89)66-80)88-46-14-5-15-47-88)87-63-94(102-96(65-87)92-49-17-19-51-100(92)117-102)83-43-23-39-77(59-83)73-35-21-37-75(57-73)79-41-25-45-85(61-79)108-113-105(70-30-10-3-11-31-70)110-106(114-108)71-32-12-4-13-33-71/h1-67H. The molecule has 0 saturated heterocycles. The summed E-state index contributed by atoms with van der Waals surface area (Å²) >= 11 is 0. The highest BCUT2D eigenvalue weighted by molar-refractivity contribution is 6.15. The lowest BCUT2D eigenvalue weighted by Crippen LogP contribution is -2.00. The smallest absolute Gasteiger partial charge is 0.164 e. The van der Waals surface area contributed by atoms with Crippen LogP contribution in [0.3, 0.4) is 0 Å². The van der Waals surface area contributed by atoms with Crippen molar-refractivity contribution in [2.75, 3.05) is 0 Å². The molecule has 0 aliphatic rings. The third-order valence-electron chi connectivity index (χ3n) is 22.5. The van der Waals surface area contributed by atoms with E-state index in [0.29, 0.717) is 34.9 Å². The predicted molar refractivity (Wildman–Crippen MR) is 478 cm³/mol. The largest absolute Gasteiger partial charge is 0.455 e. The minimum absolute atomic E-state index is 0.610. The van der Waals surface area contributed by atoms with Crippen LogP contribution in [0, 0.1) is 0 Å². The van der Waals surface area contributed by atoms with Gasteiger partial charge in [-0.15, -0.1) is 0 Å². The van der Waals surface area contributed by atoms with Crippen molar-refractivity contribution in [3.8, 4) is 163 Å². The second-order valence-electron chi connectivity index (χ2n) is 29.7. The van der Waals surface area contributed by atoms with Crippen LogP contribution in [0.4, 0.5) is 0 Å². The number of rotatable bonds is 15. The molecule has 17 aromatic carbocycles. The van der Waals surface area contributed by atoms with Crippen LogP contribution < -0.4 is 0 Å². The SMILES string of the molecule is c1ccc(-c2nc(-c3ccccc3)nc(-c3cccc(-c4cccc(-c5cccc(-c6cc(-c7ccc8c9ccc(-c%10cc(-c%11cccc(-c%12cccc(-c%13cccc(-c%14nc(-c%15ccccc%15)nc(-c%15ccccc%15)n%14)c%13)c%12)c%11)c%11oc%12ccccc%12c%11c%10)cc9n(-c9ccccc9)c8c7)cc7c6oc6ccccc67)c5)c4)c3)n2)cc1. The molecule has 0 saturated carbocycles. The van der Waals surface area contributed by atoms with Gasteiger partial charge in [0, 0.05) is 82.5 Å². The fourth-order valence-electron chi connectivity index (χ4n) is 16.7. The Labute approximate surface area is 674 Å². The number of hydrogen-bond acceptors (Lipinski definition) is 8. The zero-order chi connectivity index (χ0) is 77.3. The molecule has 0 unspecified atom stereocenters. The van der Waals surface area contributed by atoms with Crippen molar-refractivity contribution in [2.45, 2.75) is 0 Å². The van der Waals surface area contributed by atoms with E-state index in [1.807, 2.05) is 133 Å². The van der Waals surface area contributed by atoms with Crippen LogP contribution in [0.5, 0.6) is 0 Å². The van der Waals surface area contributed by atoms with Gasteiger partial charge in [-0.25, -0.2) is 29.9 Å². The van der Waals surface area contributed by atoms with E-state index < -0.39 is 0 Å². The van der Waals surface area contributed by atoms with Gasteiger partial charge in [0.05, 0.1) is 11.0 Å². The quantitative estimate of drug-likeness (QED) is 0.0999. The molecule has 117 heavy (non-hydrogen) atoms. The molecule has 0 N–H and O–H groups in total. The van der Waals surface area contributed by atoms with Crippen molar-refractivity contribution in [3.05, 3.63) is 406 Å². The van der Waals surface area contributed by atoms with Gasteiger partial charge >= 0.3 is 0 Å².